The average molecular weight is 188 g/mol. The molecule has 2 N–H and O–H groups in total. The van der Waals surface area contributed by atoms with Crippen molar-refractivity contribution in [2.75, 3.05) is 13.1 Å². The molecule has 3 heteroatoms. The lowest BCUT2D eigenvalue weighted by Gasteiger charge is -2.37. The molecule has 0 radical (unpaired) electrons. The number of β-amino-alcohol motifs (C(OH)–C–C–N with tert-alkyl or cyclic N) is 1. The predicted octanol–water partition coefficient (Wildman–Crippen LogP) is 0.435. The Morgan fingerprint density at radius 2 is 2.00 bits per heavy atom. The summed E-state index contributed by atoms with van der Waals surface area (Å²) in [4.78, 5) is 0. The summed E-state index contributed by atoms with van der Waals surface area (Å²) in [7, 11) is 0. The van der Waals surface area contributed by atoms with Crippen molar-refractivity contribution in [3.05, 3.63) is 35.4 Å². The van der Waals surface area contributed by atoms with E-state index < -0.39 is 5.60 Å². The Bertz CT molecular complexity index is 360. The van der Waals surface area contributed by atoms with Crippen molar-refractivity contribution in [1.29, 1.82) is 5.26 Å². The van der Waals surface area contributed by atoms with Crippen LogP contribution in [0, 0.1) is 11.3 Å². The van der Waals surface area contributed by atoms with E-state index in [9.17, 15) is 5.11 Å². The van der Waals surface area contributed by atoms with E-state index in [1.165, 1.54) is 0 Å². The Morgan fingerprint density at radius 1 is 1.36 bits per heavy atom. The van der Waals surface area contributed by atoms with Gasteiger partial charge in [-0.15, -0.1) is 0 Å². The van der Waals surface area contributed by atoms with Gasteiger partial charge < -0.3 is 10.4 Å². The molecule has 0 bridgehead atoms. The molecule has 1 heterocycles. The predicted molar refractivity (Wildman–Crippen MR) is 52.7 cm³/mol. The molecule has 14 heavy (non-hydrogen) atoms. The fourth-order valence-corrected chi connectivity index (χ4v) is 1.62. The van der Waals surface area contributed by atoms with Crippen molar-refractivity contribution in [2.24, 2.45) is 0 Å². The third-order valence-electron chi connectivity index (χ3n) is 2.52. The van der Waals surface area contributed by atoms with Crippen LogP contribution in [0.15, 0.2) is 24.3 Å². The number of nitrogens with one attached hydrogen (secondary N) is 1. The Kier molecular flexibility index (Phi) is 2.24. The van der Waals surface area contributed by atoms with Crippen molar-refractivity contribution in [3.63, 3.8) is 0 Å². The largest absolute Gasteiger partial charge is 0.387 e. The van der Waals surface area contributed by atoms with E-state index in [1.807, 2.05) is 12.1 Å². The minimum absolute atomic E-state index is 0.575. The molecule has 2 rings (SSSR count). The van der Waals surface area contributed by atoms with Gasteiger partial charge in [0, 0.05) is 19.5 Å². The van der Waals surface area contributed by atoms with Crippen LogP contribution in [0.5, 0.6) is 0 Å². The van der Waals surface area contributed by atoms with Crippen molar-refractivity contribution < 1.29 is 5.11 Å². The van der Waals surface area contributed by atoms with Gasteiger partial charge in [-0.2, -0.15) is 5.26 Å². The summed E-state index contributed by atoms with van der Waals surface area (Å²) < 4.78 is 0. The zero-order chi connectivity index (χ0) is 10.0. The van der Waals surface area contributed by atoms with Crippen LogP contribution in [0.4, 0.5) is 0 Å². The van der Waals surface area contributed by atoms with Crippen molar-refractivity contribution in [1.82, 2.24) is 5.32 Å². The van der Waals surface area contributed by atoms with Gasteiger partial charge in [-0.1, -0.05) is 12.1 Å². The molecule has 1 aliphatic heterocycles. The number of nitriles is 1. The molecule has 1 saturated heterocycles. The first kappa shape index (κ1) is 9.20. The summed E-state index contributed by atoms with van der Waals surface area (Å²) in [5.74, 6) is 0. The topological polar surface area (TPSA) is 56.0 Å². The van der Waals surface area contributed by atoms with Crippen molar-refractivity contribution in [3.8, 4) is 6.07 Å². The van der Waals surface area contributed by atoms with Crippen LogP contribution in [0.25, 0.3) is 0 Å². The van der Waals surface area contributed by atoms with E-state index in [2.05, 4.69) is 11.4 Å². The standard InChI is InChI=1S/C11H12N2O/c12-6-10-3-1-9(2-4-10)5-11(14)7-13-8-11/h1-4,13-14H,5,7-8H2. The first-order valence-corrected chi connectivity index (χ1v) is 4.64. The number of rotatable bonds is 2. The highest BCUT2D eigenvalue weighted by Gasteiger charge is 2.33. The van der Waals surface area contributed by atoms with Crippen LogP contribution in [0.3, 0.4) is 0 Å². The first-order valence-electron chi connectivity index (χ1n) is 4.64. The number of benzene rings is 1. The van der Waals surface area contributed by atoms with E-state index in [0.717, 1.165) is 5.56 Å². The van der Waals surface area contributed by atoms with E-state index in [-0.39, 0.29) is 0 Å². The SMILES string of the molecule is N#Cc1ccc(CC2(O)CNC2)cc1. The van der Waals surface area contributed by atoms with Crippen LogP contribution in [-0.4, -0.2) is 23.8 Å². The Hall–Kier alpha value is -1.37. The minimum atomic E-state index is -0.575. The molecule has 0 unspecified atom stereocenters. The Morgan fingerprint density at radius 3 is 2.43 bits per heavy atom. The molecule has 0 aromatic heterocycles. The molecule has 0 aliphatic carbocycles. The van der Waals surface area contributed by atoms with Gasteiger partial charge in [0.2, 0.25) is 0 Å². The van der Waals surface area contributed by atoms with Gasteiger partial charge in [-0.3, -0.25) is 0 Å². The summed E-state index contributed by atoms with van der Waals surface area (Å²) in [6.07, 6.45) is 0.658. The average Bonchev–Trinajstić information content (AvgIpc) is 2.17. The Labute approximate surface area is 83.0 Å². The summed E-state index contributed by atoms with van der Waals surface area (Å²) in [6, 6.07) is 9.43. The van der Waals surface area contributed by atoms with Crippen LogP contribution in [0.2, 0.25) is 0 Å². The molecule has 3 nitrogen and oxygen atoms in total. The van der Waals surface area contributed by atoms with Gasteiger partial charge in [0.25, 0.3) is 0 Å². The minimum Gasteiger partial charge on any atom is -0.387 e. The lowest BCUT2D eigenvalue weighted by Crippen LogP contribution is -2.60. The number of nitrogens with zero attached hydrogens (tertiary/aromatic N) is 1. The van der Waals surface area contributed by atoms with Gasteiger partial charge >= 0.3 is 0 Å². The molecular formula is C11H12N2O. The smallest absolute Gasteiger partial charge is 0.0991 e. The molecule has 72 valence electrons. The summed E-state index contributed by atoms with van der Waals surface area (Å²) in [5, 5.41) is 21.5. The molecular weight excluding hydrogens is 176 g/mol. The van der Waals surface area contributed by atoms with E-state index in [1.54, 1.807) is 12.1 Å². The van der Waals surface area contributed by atoms with E-state index in [4.69, 9.17) is 5.26 Å². The van der Waals surface area contributed by atoms with Crippen LogP contribution >= 0.6 is 0 Å². The summed E-state index contributed by atoms with van der Waals surface area (Å²) in [5.41, 5.74) is 1.16. The number of hydrogen-bond donors (Lipinski definition) is 2. The molecule has 1 fully saturated rings. The van der Waals surface area contributed by atoms with Crippen molar-refractivity contribution >= 4 is 0 Å². The van der Waals surface area contributed by atoms with Gasteiger partial charge in [0.1, 0.15) is 0 Å². The van der Waals surface area contributed by atoms with E-state index >= 15 is 0 Å². The molecule has 0 spiro atoms. The quantitative estimate of drug-likeness (QED) is 0.708. The second-order valence-corrected chi connectivity index (χ2v) is 3.81. The van der Waals surface area contributed by atoms with Gasteiger partial charge in [0.15, 0.2) is 0 Å². The maximum absolute atomic E-state index is 9.86. The molecule has 1 aromatic rings. The lowest BCUT2D eigenvalue weighted by atomic mass is 9.89. The monoisotopic (exact) mass is 188 g/mol. The number of aliphatic hydroxyl groups is 1. The molecule has 1 aliphatic rings. The highest BCUT2D eigenvalue weighted by Crippen LogP contribution is 2.17. The van der Waals surface area contributed by atoms with Crippen molar-refractivity contribution in [2.45, 2.75) is 12.0 Å². The molecule has 0 amide bonds. The second-order valence-electron chi connectivity index (χ2n) is 3.81. The first-order chi connectivity index (χ1) is 6.72. The fraction of sp³-hybridized carbons (Fsp3) is 0.364. The van der Waals surface area contributed by atoms with Crippen LogP contribution in [-0.2, 0) is 6.42 Å². The zero-order valence-corrected chi connectivity index (χ0v) is 7.83. The summed E-state index contributed by atoms with van der Waals surface area (Å²) >= 11 is 0. The Balaban J connectivity index is 2.07. The van der Waals surface area contributed by atoms with Crippen LogP contribution < -0.4 is 5.32 Å². The van der Waals surface area contributed by atoms with Gasteiger partial charge in [0.05, 0.1) is 17.2 Å². The third kappa shape index (κ3) is 1.77. The maximum atomic E-state index is 9.86. The van der Waals surface area contributed by atoms with E-state index in [0.29, 0.717) is 25.1 Å². The lowest BCUT2D eigenvalue weighted by molar-refractivity contribution is -0.00901. The zero-order valence-electron chi connectivity index (χ0n) is 7.83. The normalized spacial score (nSPS) is 18.3. The molecule has 0 atom stereocenters. The number of hydrogen-bond acceptors (Lipinski definition) is 3. The fourth-order valence-electron chi connectivity index (χ4n) is 1.62. The van der Waals surface area contributed by atoms with Gasteiger partial charge in [-0.25, -0.2) is 0 Å². The summed E-state index contributed by atoms with van der Waals surface area (Å²) in [6.45, 7) is 1.32. The highest BCUT2D eigenvalue weighted by molar-refractivity contribution is 5.32. The maximum Gasteiger partial charge on any atom is 0.0991 e. The molecule has 0 saturated carbocycles. The highest BCUT2D eigenvalue weighted by atomic mass is 16.3. The third-order valence-corrected chi connectivity index (χ3v) is 2.52. The van der Waals surface area contributed by atoms with Gasteiger partial charge in [-0.05, 0) is 17.7 Å². The van der Waals surface area contributed by atoms with Crippen LogP contribution in [0.1, 0.15) is 11.1 Å². The molecule has 1 aromatic carbocycles. The second kappa shape index (κ2) is 3.41.